The lowest BCUT2D eigenvalue weighted by Crippen LogP contribution is -2.65. The molecule has 0 spiro atoms. The Balaban J connectivity index is 1.30. The first kappa shape index (κ1) is 47.0. The van der Waals surface area contributed by atoms with Crippen molar-refractivity contribution in [2.24, 2.45) is 0 Å². The van der Waals surface area contributed by atoms with E-state index >= 15 is 0 Å². The topological polar surface area (TPSA) is 46.2 Å². The van der Waals surface area contributed by atoms with Gasteiger partial charge >= 0.3 is 0 Å². The van der Waals surface area contributed by atoms with Gasteiger partial charge in [0.2, 0.25) is 0 Å². The van der Waals surface area contributed by atoms with E-state index in [9.17, 15) is 0 Å². The highest BCUT2D eigenvalue weighted by Crippen LogP contribution is 2.51. The number of rotatable bonds is 17. The predicted octanol–water partition coefficient (Wildman–Crippen LogP) is 13.9. The third kappa shape index (κ3) is 8.88. The highest BCUT2D eigenvalue weighted by Gasteiger charge is 2.58. The number of hydrogen-bond acceptors (Lipinski definition) is 5. The molecule has 10 rings (SSSR count). The van der Waals surface area contributed by atoms with Crippen LogP contribution in [0.15, 0.2) is 273 Å². The molecule has 1 fully saturated rings. The van der Waals surface area contributed by atoms with Crippen molar-refractivity contribution in [2.45, 2.75) is 47.5 Å². The van der Waals surface area contributed by atoms with Crippen LogP contribution in [0.3, 0.4) is 0 Å². The van der Waals surface area contributed by atoms with E-state index in [0.717, 1.165) is 50.1 Å². The summed E-state index contributed by atoms with van der Waals surface area (Å²) in [4.78, 5) is 0. The lowest BCUT2D eigenvalue weighted by Gasteiger charge is -2.53. The lowest BCUT2D eigenvalue weighted by molar-refractivity contribution is -0.337. The maximum atomic E-state index is 8.40. The quantitative estimate of drug-likeness (QED) is 0.0672. The van der Waals surface area contributed by atoms with Crippen LogP contribution in [0.25, 0.3) is 0 Å². The van der Waals surface area contributed by atoms with Crippen molar-refractivity contribution in [1.82, 2.24) is 0 Å². The summed E-state index contributed by atoms with van der Waals surface area (Å²) in [5.74, 6) is 0. The maximum Gasteiger partial charge on any atom is 0.186 e. The van der Waals surface area contributed by atoms with Gasteiger partial charge in [0, 0.05) is 12.4 Å². The molecule has 1 aliphatic heterocycles. The first-order chi connectivity index (χ1) is 34.6. The molecule has 0 radical (unpaired) electrons. The van der Waals surface area contributed by atoms with Gasteiger partial charge in [-0.2, -0.15) is 0 Å². The van der Waals surface area contributed by atoms with Crippen molar-refractivity contribution in [2.75, 3.05) is 12.4 Å². The van der Waals surface area contributed by atoms with E-state index in [1.807, 2.05) is 54.6 Å². The first-order valence-electron chi connectivity index (χ1n) is 23.9. The van der Waals surface area contributed by atoms with Gasteiger partial charge < -0.3 is 23.7 Å². The Bertz CT molecular complexity index is 2540. The zero-order valence-corrected chi connectivity index (χ0v) is 40.6. The molecule has 1 aliphatic rings. The second-order valence-corrected chi connectivity index (χ2v) is 18.2. The second kappa shape index (κ2) is 21.5. The molecule has 0 N–H and O–H groups in total. The lowest BCUT2D eigenvalue weighted by atomic mass is 9.78. The van der Waals surface area contributed by atoms with Crippen LogP contribution in [0.4, 0.5) is 0 Å². The van der Waals surface area contributed by atoms with Crippen LogP contribution in [0.2, 0.25) is 0 Å². The molecule has 0 unspecified atom stereocenters. The first-order valence-corrected chi connectivity index (χ1v) is 25.0. The second-order valence-electron chi connectivity index (χ2n) is 17.5. The predicted molar refractivity (Wildman–Crippen MR) is 282 cm³/mol. The minimum absolute atomic E-state index is 0.384. The average Bonchev–Trinajstić information content (AvgIpc) is 3.45. The van der Waals surface area contributed by atoms with Gasteiger partial charge in [-0.05, 0) is 50.1 Å². The fraction of sp³-hybridized carbons (Fsp3) is 0.156. The summed E-state index contributed by atoms with van der Waals surface area (Å²) in [6.07, 6.45) is -4.35. The smallest absolute Gasteiger partial charge is 0.186 e. The SMILES string of the molecule is CO[C@H]1O[C@@H](CBr)[C@@H](OC(c2ccccc2)(c2ccccc2)c2ccccc2)[C@@H](OC(c2ccccc2)(c2ccccc2)c2ccccc2)[C@H]1OC(c1ccccc1)(c1ccccc1)c1ccccc1. The normalized spacial score (nSPS) is 18.5. The van der Waals surface area contributed by atoms with E-state index in [2.05, 4.69) is 234 Å². The van der Waals surface area contributed by atoms with Crippen molar-refractivity contribution in [3.05, 3.63) is 323 Å². The summed E-state index contributed by atoms with van der Waals surface area (Å²) >= 11 is 3.96. The Kier molecular flexibility index (Phi) is 14.4. The molecule has 5 nitrogen and oxygen atoms in total. The Morgan fingerprint density at radius 2 is 0.514 bits per heavy atom. The van der Waals surface area contributed by atoms with Crippen LogP contribution in [0, 0.1) is 0 Å². The molecule has 0 aromatic heterocycles. The van der Waals surface area contributed by atoms with Crippen LogP contribution in [0.1, 0.15) is 50.1 Å². The maximum absolute atomic E-state index is 8.40. The third-order valence-electron chi connectivity index (χ3n) is 13.5. The van der Waals surface area contributed by atoms with Crippen LogP contribution in [-0.4, -0.2) is 43.1 Å². The van der Waals surface area contributed by atoms with Crippen molar-refractivity contribution in [3.63, 3.8) is 0 Å². The zero-order chi connectivity index (χ0) is 47.6. The molecule has 1 saturated heterocycles. The zero-order valence-electron chi connectivity index (χ0n) is 39.0. The summed E-state index contributed by atoms with van der Waals surface area (Å²) in [7, 11) is 1.68. The molecule has 0 saturated carbocycles. The number of ether oxygens (including phenoxy) is 5. The van der Waals surface area contributed by atoms with Gasteiger partial charge in [-0.3, -0.25) is 0 Å². The van der Waals surface area contributed by atoms with Gasteiger partial charge in [0.1, 0.15) is 35.1 Å². The van der Waals surface area contributed by atoms with Crippen LogP contribution in [0.5, 0.6) is 0 Å². The van der Waals surface area contributed by atoms with Gasteiger partial charge in [-0.1, -0.05) is 289 Å². The molecule has 0 amide bonds. The molecule has 9 aromatic carbocycles. The summed E-state index contributed by atoms with van der Waals surface area (Å²) in [6.45, 7) is 0. The van der Waals surface area contributed by atoms with Crippen molar-refractivity contribution >= 4 is 15.9 Å². The molecule has 5 atom stereocenters. The molecule has 0 aliphatic carbocycles. The summed E-state index contributed by atoms with van der Waals surface area (Å²) in [6, 6.07) is 94.0. The molecule has 1 heterocycles. The highest BCUT2D eigenvalue weighted by atomic mass is 79.9. The molecule has 9 aromatic rings. The fourth-order valence-corrected chi connectivity index (χ4v) is 10.9. The van der Waals surface area contributed by atoms with Crippen molar-refractivity contribution in [1.29, 1.82) is 0 Å². The summed E-state index contributed by atoms with van der Waals surface area (Å²) in [5, 5.41) is 0.384. The Labute approximate surface area is 420 Å². The third-order valence-corrected chi connectivity index (χ3v) is 14.2. The Hall–Kier alpha value is -6.74. The van der Waals surface area contributed by atoms with Gasteiger partial charge in [-0.25, -0.2) is 0 Å². The monoisotopic (exact) mass is 982 g/mol. The molecule has 0 bridgehead atoms. The summed E-state index contributed by atoms with van der Waals surface area (Å²) < 4.78 is 38.7. The van der Waals surface area contributed by atoms with Crippen LogP contribution in [-0.2, 0) is 40.5 Å². The van der Waals surface area contributed by atoms with E-state index in [-0.39, 0.29) is 0 Å². The van der Waals surface area contributed by atoms with Gasteiger partial charge in [0.15, 0.2) is 6.29 Å². The summed E-state index contributed by atoms with van der Waals surface area (Å²) in [5.41, 5.74) is 4.77. The van der Waals surface area contributed by atoms with Crippen LogP contribution >= 0.6 is 15.9 Å². The van der Waals surface area contributed by atoms with Crippen molar-refractivity contribution < 1.29 is 23.7 Å². The van der Waals surface area contributed by atoms with E-state index in [1.54, 1.807) is 7.11 Å². The molecular weight excluding hydrogens is 929 g/mol. The van der Waals surface area contributed by atoms with E-state index in [4.69, 9.17) is 23.7 Å². The van der Waals surface area contributed by atoms with Crippen LogP contribution < -0.4 is 0 Å². The van der Waals surface area contributed by atoms with E-state index < -0.39 is 47.5 Å². The van der Waals surface area contributed by atoms with Gasteiger partial charge in [-0.15, -0.1) is 0 Å². The highest BCUT2D eigenvalue weighted by molar-refractivity contribution is 9.09. The standard InChI is InChI=1S/C64H55BrO5/c1-66-61-60(70-64(54-41-23-8-24-42-54,55-43-25-9-26-44-55)56-45-27-10-28-46-56)59(69-63(51-35-17-5-18-36-51,52-37-19-6-20-38-52)53-39-21-7-22-40-53)58(57(47-65)67-61)68-62(48-29-11-2-12-30-48,49-31-13-3-14-32-49)50-33-15-4-16-34-50/h2-46,57-61H,47H2,1H3/t57-,58+,59+,60+,61-/m0/s1. The largest absolute Gasteiger partial charge is 0.353 e. The number of alkyl halides is 1. The minimum atomic E-state index is -1.23. The average molecular weight is 984 g/mol. The molecular formula is C64H55BrO5. The number of benzene rings is 9. The number of halogens is 1. The van der Waals surface area contributed by atoms with E-state index in [1.165, 1.54) is 0 Å². The number of methoxy groups -OCH3 is 1. The Morgan fingerprint density at radius 1 is 0.314 bits per heavy atom. The minimum Gasteiger partial charge on any atom is -0.353 e. The number of hydrogen-bond donors (Lipinski definition) is 0. The van der Waals surface area contributed by atoms with Crippen molar-refractivity contribution in [3.8, 4) is 0 Å². The molecule has 348 valence electrons. The molecule has 70 heavy (non-hydrogen) atoms. The van der Waals surface area contributed by atoms with E-state index in [0.29, 0.717) is 5.33 Å². The van der Waals surface area contributed by atoms with Gasteiger partial charge in [0.25, 0.3) is 0 Å². The Morgan fingerprint density at radius 3 is 0.714 bits per heavy atom. The van der Waals surface area contributed by atoms with Gasteiger partial charge in [0.05, 0.1) is 6.10 Å². The fourth-order valence-electron chi connectivity index (χ4n) is 10.4. The molecule has 6 heteroatoms.